The molecular weight excluding hydrogens is 204 g/mol. The summed E-state index contributed by atoms with van der Waals surface area (Å²) < 4.78 is 0. The van der Waals surface area contributed by atoms with Gasteiger partial charge in [0.05, 0.1) is 0 Å². The molecule has 2 rings (SSSR count). The molecule has 2 aromatic carbocycles. The second kappa shape index (κ2) is 5.67. The minimum atomic E-state index is 1.05. The summed E-state index contributed by atoms with van der Waals surface area (Å²) in [6.45, 7) is 4.45. The summed E-state index contributed by atoms with van der Waals surface area (Å²) in [5.74, 6) is 0. The van der Waals surface area contributed by atoms with E-state index in [1.807, 2.05) is 0 Å². The van der Waals surface area contributed by atoms with Crippen molar-refractivity contribution >= 4 is 0 Å². The van der Waals surface area contributed by atoms with Crippen LogP contribution in [-0.2, 0) is 19.3 Å². The fraction of sp³-hybridized carbons (Fsp3) is 0.294. The number of hydrogen-bond donors (Lipinski definition) is 0. The second-order valence-corrected chi connectivity index (χ2v) is 4.47. The molecule has 0 unspecified atom stereocenters. The van der Waals surface area contributed by atoms with Gasteiger partial charge in [-0.15, -0.1) is 0 Å². The summed E-state index contributed by atoms with van der Waals surface area (Å²) in [7, 11) is 0. The fourth-order valence-electron chi connectivity index (χ4n) is 2.22. The Balaban J connectivity index is 2.26. The molecule has 0 heterocycles. The first-order valence-corrected chi connectivity index (χ1v) is 6.48. The Labute approximate surface area is 104 Å². The smallest absolute Gasteiger partial charge is 0.00230 e. The molecule has 0 atom stereocenters. The second-order valence-electron chi connectivity index (χ2n) is 4.47. The van der Waals surface area contributed by atoms with Crippen molar-refractivity contribution in [3.63, 3.8) is 0 Å². The molecule has 0 radical (unpaired) electrons. The molecule has 0 saturated carbocycles. The Morgan fingerprint density at radius 1 is 0.706 bits per heavy atom. The van der Waals surface area contributed by atoms with Crippen LogP contribution in [0.3, 0.4) is 0 Å². The maximum Gasteiger partial charge on any atom is -0.00230 e. The minimum Gasteiger partial charge on any atom is -0.0622 e. The van der Waals surface area contributed by atoms with Gasteiger partial charge in [-0.25, -0.2) is 0 Å². The van der Waals surface area contributed by atoms with Crippen LogP contribution >= 0.6 is 0 Å². The Morgan fingerprint density at radius 3 is 2.12 bits per heavy atom. The third kappa shape index (κ3) is 2.97. The van der Waals surface area contributed by atoms with Gasteiger partial charge in [-0.3, -0.25) is 0 Å². The predicted molar refractivity (Wildman–Crippen MR) is 74.4 cm³/mol. The first-order chi connectivity index (χ1) is 8.33. The fourth-order valence-corrected chi connectivity index (χ4v) is 2.22. The van der Waals surface area contributed by atoms with E-state index in [-0.39, 0.29) is 0 Å². The predicted octanol–water partition coefficient (Wildman–Crippen LogP) is 4.40. The number of benzene rings is 2. The molecule has 0 N–H and O–H groups in total. The van der Waals surface area contributed by atoms with Crippen molar-refractivity contribution < 1.29 is 0 Å². The van der Waals surface area contributed by atoms with Crippen molar-refractivity contribution in [2.75, 3.05) is 0 Å². The standard InChI is InChI=1S/C17H20/c1-3-14-10-11-17(16(4-2)12-14)13-15-8-6-5-7-9-15/h5-12H,3-4,13H2,1-2H3. The molecule has 0 saturated heterocycles. The van der Waals surface area contributed by atoms with Crippen LogP contribution in [0.5, 0.6) is 0 Å². The monoisotopic (exact) mass is 224 g/mol. The first kappa shape index (κ1) is 11.9. The van der Waals surface area contributed by atoms with Crippen LogP contribution in [0.4, 0.5) is 0 Å². The highest BCUT2D eigenvalue weighted by Gasteiger charge is 2.03. The van der Waals surface area contributed by atoms with Gasteiger partial charge < -0.3 is 0 Å². The molecule has 0 nitrogen and oxygen atoms in total. The van der Waals surface area contributed by atoms with Gasteiger partial charge in [-0.2, -0.15) is 0 Å². The number of rotatable bonds is 4. The molecule has 0 spiro atoms. The Kier molecular flexibility index (Phi) is 3.98. The van der Waals surface area contributed by atoms with Crippen molar-refractivity contribution in [3.05, 3.63) is 70.8 Å². The van der Waals surface area contributed by atoms with Crippen molar-refractivity contribution in [1.82, 2.24) is 0 Å². The average molecular weight is 224 g/mol. The lowest BCUT2D eigenvalue weighted by atomic mass is 9.96. The van der Waals surface area contributed by atoms with Gasteiger partial charge in [0.1, 0.15) is 0 Å². The van der Waals surface area contributed by atoms with Crippen LogP contribution in [0.15, 0.2) is 48.5 Å². The summed E-state index contributed by atoms with van der Waals surface area (Å²) in [5, 5.41) is 0. The van der Waals surface area contributed by atoms with E-state index in [0.29, 0.717) is 0 Å². The normalized spacial score (nSPS) is 10.5. The van der Waals surface area contributed by atoms with Crippen molar-refractivity contribution in [1.29, 1.82) is 0 Å². The average Bonchev–Trinajstić information content (AvgIpc) is 2.40. The van der Waals surface area contributed by atoms with Gasteiger partial charge in [0.2, 0.25) is 0 Å². The maximum atomic E-state index is 2.36. The zero-order valence-corrected chi connectivity index (χ0v) is 10.7. The van der Waals surface area contributed by atoms with Gasteiger partial charge in [-0.1, -0.05) is 62.4 Å². The lowest BCUT2D eigenvalue weighted by molar-refractivity contribution is 1.03. The van der Waals surface area contributed by atoms with Crippen molar-refractivity contribution in [2.24, 2.45) is 0 Å². The highest BCUT2D eigenvalue weighted by atomic mass is 14.1. The SMILES string of the molecule is CCc1ccc(Cc2ccccc2)c(CC)c1. The first-order valence-electron chi connectivity index (χ1n) is 6.48. The zero-order valence-electron chi connectivity index (χ0n) is 10.7. The number of hydrogen-bond acceptors (Lipinski definition) is 0. The minimum absolute atomic E-state index is 1.05. The molecule has 0 aromatic heterocycles. The van der Waals surface area contributed by atoms with Crippen molar-refractivity contribution in [2.45, 2.75) is 33.1 Å². The third-order valence-electron chi connectivity index (χ3n) is 3.30. The summed E-state index contributed by atoms with van der Waals surface area (Å²) in [6.07, 6.45) is 3.29. The third-order valence-corrected chi connectivity index (χ3v) is 3.30. The summed E-state index contributed by atoms with van der Waals surface area (Å²) in [5.41, 5.74) is 5.80. The molecule has 0 aliphatic heterocycles. The van der Waals surface area contributed by atoms with Gasteiger partial charge in [0.25, 0.3) is 0 Å². The van der Waals surface area contributed by atoms with E-state index in [1.165, 1.54) is 22.3 Å². The van der Waals surface area contributed by atoms with E-state index < -0.39 is 0 Å². The lowest BCUT2D eigenvalue weighted by Gasteiger charge is -2.10. The molecule has 0 aliphatic rings. The molecule has 0 amide bonds. The van der Waals surface area contributed by atoms with Crippen LogP contribution in [0.2, 0.25) is 0 Å². The van der Waals surface area contributed by atoms with E-state index in [1.54, 1.807) is 0 Å². The maximum absolute atomic E-state index is 2.36. The summed E-state index contributed by atoms with van der Waals surface area (Å²) in [6, 6.07) is 17.6. The van der Waals surface area contributed by atoms with Gasteiger partial charge in [0.15, 0.2) is 0 Å². The highest BCUT2D eigenvalue weighted by Crippen LogP contribution is 2.17. The van der Waals surface area contributed by atoms with Crippen LogP contribution in [0, 0.1) is 0 Å². The quantitative estimate of drug-likeness (QED) is 0.722. The molecule has 0 aliphatic carbocycles. The van der Waals surface area contributed by atoms with Gasteiger partial charge >= 0.3 is 0 Å². The molecule has 2 aromatic rings. The van der Waals surface area contributed by atoms with E-state index in [0.717, 1.165) is 19.3 Å². The zero-order chi connectivity index (χ0) is 12.1. The lowest BCUT2D eigenvalue weighted by Crippen LogP contribution is -1.96. The molecule has 88 valence electrons. The van der Waals surface area contributed by atoms with Crippen LogP contribution in [-0.4, -0.2) is 0 Å². The van der Waals surface area contributed by atoms with E-state index in [9.17, 15) is 0 Å². The van der Waals surface area contributed by atoms with Gasteiger partial charge in [-0.05, 0) is 41.5 Å². The summed E-state index contributed by atoms with van der Waals surface area (Å²) in [4.78, 5) is 0. The molecule has 0 heteroatoms. The number of aryl methyl sites for hydroxylation is 2. The topological polar surface area (TPSA) is 0 Å². The van der Waals surface area contributed by atoms with Crippen molar-refractivity contribution in [3.8, 4) is 0 Å². The Hall–Kier alpha value is -1.56. The highest BCUT2D eigenvalue weighted by molar-refractivity contribution is 5.36. The van der Waals surface area contributed by atoms with E-state index >= 15 is 0 Å². The molecule has 0 fully saturated rings. The van der Waals surface area contributed by atoms with Crippen LogP contribution in [0.25, 0.3) is 0 Å². The largest absolute Gasteiger partial charge is 0.0622 e. The van der Waals surface area contributed by atoms with E-state index in [4.69, 9.17) is 0 Å². The van der Waals surface area contributed by atoms with E-state index in [2.05, 4.69) is 62.4 Å². The Bertz CT molecular complexity index is 469. The Morgan fingerprint density at radius 2 is 1.47 bits per heavy atom. The molecule has 17 heavy (non-hydrogen) atoms. The summed E-state index contributed by atoms with van der Waals surface area (Å²) >= 11 is 0. The molecule has 0 bridgehead atoms. The van der Waals surface area contributed by atoms with Gasteiger partial charge in [0, 0.05) is 0 Å². The molecular formula is C17H20. The van der Waals surface area contributed by atoms with Crippen LogP contribution in [0.1, 0.15) is 36.1 Å². The van der Waals surface area contributed by atoms with Crippen LogP contribution < -0.4 is 0 Å².